The van der Waals surface area contributed by atoms with E-state index in [0.29, 0.717) is 28.6 Å². The lowest BCUT2D eigenvalue weighted by molar-refractivity contribution is -0.140. The van der Waals surface area contributed by atoms with Gasteiger partial charge in [0.15, 0.2) is 5.11 Å². The molecule has 2 N–H and O–H groups in total. The third kappa shape index (κ3) is 4.16. The molecule has 25 heavy (non-hydrogen) atoms. The lowest BCUT2D eigenvalue weighted by Crippen LogP contribution is -2.45. The van der Waals surface area contributed by atoms with Crippen LogP contribution in [0.5, 0.6) is 11.8 Å². The molecule has 0 saturated heterocycles. The van der Waals surface area contributed by atoms with Gasteiger partial charge in [-0.05, 0) is 25.1 Å². The van der Waals surface area contributed by atoms with Gasteiger partial charge < -0.3 is 24.8 Å². The molecule has 136 valence electrons. The van der Waals surface area contributed by atoms with E-state index >= 15 is 0 Å². The molecule has 1 aromatic rings. The maximum atomic E-state index is 12.7. The van der Waals surface area contributed by atoms with Gasteiger partial charge in [0.25, 0.3) is 0 Å². The smallest absolute Gasteiger partial charge is 0.338 e. The van der Waals surface area contributed by atoms with E-state index in [1.54, 1.807) is 6.92 Å². The molecule has 0 aromatic carbocycles. The lowest BCUT2D eigenvalue weighted by atomic mass is 9.96. The topological polar surface area (TPSA) is 94.6 Å². The first kappa shape index (κ1) is 18.9. The minimum Gasteiger partial charge on any atom is -0.481 e. The van der Waals surface area contributed by atoms with Crippen molar-refractivity contribution in [1.29, 1.82) is 0 Å². The maximum absolute atomic E-state index is 12.7. The summed E-state index contributed by atoms with van der Waals surface area (Å²) in [5.74, 6) is 0.344. The number of ether oxygens (including phenoxy) is 3. The number of esters is 1. The molecule has 0 bridgehead atoms. The summed E-state index contributed by atoms with van der Waals surface area (Å²) in [6.07, 6.45) is 1.33. The summed E-state index contributed by atoms with van der Waals surface area (Å²) in [6, 6.07) is -0.653. The van der Waals surface area contributed by atoms with Crippen LogP contribution in [0.15, 0.2) is 17.6 Å². The Morgan fingerprint density at radius 1 is 1.28 bits per heavy atom. The van der Waals surface area contributed by atoms with Gasteiger partial charge in [-0.2, -0.15) is 0 Å². The number of carbonyl (C=O) groups excluding carboxylic acids is 1. The van der Waals surface area contributed by atoms with E-state index in [1.165, 1.54) is 20.5 Å². The average molecular weight is 366 g/mol. The van der Waals surface area contributed by atoms with Gasteiger partial charge in [-0.1, -0.05) is 13.8 Å². The zero-order valence-corrected chi connectivity index (χ0v) is 15.7. The minimum absolute atomic E-state index is 0.220. The molecule has 1 aliphatic heterocycles. The summed E-state index contributed by atoms with van der Waals surface area (Å²) in [5, 5.41) is 6.37. The van der Waals surface area contributed by atoms with Crippen LogP contribution in [-0.2, 0) is 9.53 Å². The summed E-state index contributed by atoms with van der Waals surface area (Å²) in [6.45, 7) is 6.01. The first-order valence-electron chi connectivity index (χ1n) is 7.77. The number of nitrogens with one attached hydrogen (secondary N) is 2. The first-order valence-corrected chi connectivity index (χ1v) is 8.18. The highest BCUT2D eigenvalue weighted by Gasteiger charge is 2.36. The van der Waals surface area contributed by atoms with E-state index in [4.69, 9.17) is 26.4 Å². The van der Waals surface area contributed by atoms with Gasteiger partial charge in [0.05, 0.1) is 32.4 Å². The molecule has 0 amide bonds. The Balaban J connectivity index is 2.52. The van der Waals surface area contributed by atoms with Crippen molar-refractivity contribution < 1.29 is 19.0 Å². The number of methoxy groups -OCH3 is 2. The molecule has 1 aliphatic rings. The summed E-state index contributed by atoms with van der Waals surface area (Å²) in [7, 11) is 2.97. The van der Waals surface area contributed by atoms with Gasteiger partial charge in [0, 0.05) is 5.70 Å². The highest BCUT2D eigenvalue weighted by Crippen LogP contribution is 2.37. The Morgan fingerprint density at radius 2 is 1.88 bits per heavy atom. The number of carbonyl (C=O) groups is 1. The first-order chi connectivity index (χ1) is 11.9. The SMILES string of the molecule is COc1ncnc(OC)c1[C@@H]1NC(=S)NC(C)=C1C(=O)OCC(C)C. The van der Waals surface area contributed by atoms with Crippen molar-refractivity contribution >= 4 is 23.3 Å². The highest BCUT2D eigenvalue weighted by molar-refractivity contribution is 7.80. The van der Waals surface area contributed by atoms with Crippen molar-refractivity contribution in [3.63, 3.8) is 0 Å². The summed E-state index contributed by atoms with van der Waals surface area (Å²) in [4.78, 5) is 20.9. The van der Waals surface area contributed by atoms with Crippen molar-refractivity contribution in [3.8, 4) is 11.8 Å². The molecule has 1 atom stereocenters. The fraction of sp³-hybridized carbons (Fsp3) is 0.500. The second kappa shape index (κ2) is 8.11. The molecule has 8 nitrogen and oxygen atoms in total. The average Bonchev–Trinajstić information content (AvgIpc) is 2.58. The summed E-state index contributed by atoms with van der Waals surface area (Å²) >= 11 is 5.23. The predicted molar refractivity (Wildman–Crippen MR) is 95.2 cm³/mol. The van der Waals surface area contributed by atoms with Gasteiger partial charge in [-0.3, -0.25) is 0 Å². The van der Waals surface area contributed by atoms with E-state index < -0.39 is 12.0 Å². The van der Waals surface area contributed by atoms with Crippen LogP contribution in [-0.4, -0.2) is 41.9 Å². The molecular formula is C16H22N4O4S. The fourth-order valence-corrected chi connectivity index (χ4v) is 2.71. The van der Waals surface area contributed by atoms with Crippen molar-refractivity contribution in [3.05, 3.63) is 23.2 Å². The molecule has 2 heterocycles. The number of allylic oxidation sites excluding steroid dienone is 1. The second-order valence-corrected chi connectivity index (χ2v) is 6.28. The quantitative estimate of drug-likeness (QED) is 0.573. The van der Waals surface area contributed by atoms with Crippen LogP contribution < -0.4 is 20.1 Å². The van der Waals surface area contributed by atoms with Crippen molar-refractivity contribution in [2.45, 2.75) is 26.8 Å². The standard InChI is InChI=1S/C16H22N4O4S/c1-8(2)6-24-15(21)10-9(3)19-16(25)20-12(10)11-13(22-4)17-7-18-14(11)23-5/h7-8,12H,6H2,1-5H3,(H2,19,20,25)/t12-/m1/s1. The van der Waals surface area contributed by atoms with Crippen molar-refractivity contribution in [2.24, 2.45) is 5.92 Å². The lowest BCUT2D eigenvalue weighted by Gasteiger charge is -2.30. The van der Waals surface area contributed by atoms with Crippen LogP contribution in [0.1, 0.15) is 32.4 Å². The van der Waals surface area contributed by atoms with Gasteiger partial charge >= 0.3 is 5.97 Å². The molecule has 0 spiro atoms. The summed E-state index contributed by atoms with van der Waals surface area (Å²) in [5.41, 5.74) is 1.45. The van der Waals surface area contributed by atoms with E-state index in [2.05, 4.69) is 20.6 Å². The Kier molecular flexibility index (Phi) is 6.13. The van der Waals surface area contributed by atoms with Gasteiger partial charge in [-0.15, -0.1) is 0 Å². The van der Waals surface area contributed by atoms with Crippen LogP contribution >= 0.6 is 12.2 Å². The molecular weight excluding hydrogens is 344 g/mol. The Morgan fingerprint density at radius 3 is 2.40 bits per heavy atom. The molecule has 0 fully saturated rings. The highest BCUT2D eigenvalue weighted by atomic mass is 32.1. The Hall–Kier alpha value is -2.42. The van der Waals surface area contributed by atoms with Crippen LogP contribution in [0.2, 0.25) is 0 Å². The number of nitrogens with zero attached hydrogens (tertiary/aromatic N) is 2. The van der Waals surface area contributed by atoms with Crippen LogP contribution in [0.4, 0.5) is 0 Å². The zero-order chi connectivity index (χ0) is 18.6. The third-order valence-electron chi connectivity index (χ3n) is 3.52. The number of hydrogen-bond donors (Lipinski definition) is 2. The van der Waals surface area contributed by atoms with Gasteiger partial charge in [-0.25, -0.2) is 14.8 Å². The molecule has 0 unspecified atom stereocenters. The zero-order valence-electron chi connectivity index (χ0n) is 14.9. The Labute approximate surface area is 152 Å². The van der Waals surface area contributed by atoms with E-state index in [0.717, 1.165) is 0 Å². The molecule has 9 heteroatoms. The molecule has 2 rings (SSSR count). The molecule has 0 aliphatic carbocycles. The van der Waals surface area contributed by atoms with Crippen LogP contribution in [0.3, 0.4) is 0 Å². The van der Waals surface area contributed by atoms with Crippen molar-refractivity contribution in [2.75, 3.05) is 20.8 Å². The normalized spacial score (nSPS) is 17.0. The molecule has 0 saturated carbocycles. The monoisotopic (exact) mass is 366 g/mol. The molecule has 0 radical (unpaired) electrons. The maximum Gasteiger partial charge on any atom is 0.338 e. The largest absolute Gasteiger partial charge is 0.481 e. The Bertz CT molecular complexity index is 683. The van der Waals surface area contributed by atoms with Crippen molar-refractivity contribution in [1.82, 2.24) is 20.6 Å². The summed E-state index contributed by atoms with van der Waals surface area (Å²) < 4.78 is 16.1. The second-order valence-electron chi connectivity index (χ2n) is 5.87. The molecule has 1 aromatic heterocycles. The third-order valence-corrected chi connectivity index (χ3v) is 3.74. The van der Waals surface area contributed by atoms with Gasteiger partial charge in [0.1, 0.15) is 11.9 Å². The number of hydrogen-bond acceptors (Lipinski definition) is 7. The van der Waals surface area contributed by atoms with E-state index in [1.807, 2.05) is 13.8 Å². The van der Waals surface area contributed by atoms with Crippen LogP contribution in [0.25, 0.3) is 0 Å². The number of rotatable bonds is 6. The van der Waals surface area contributed by atoms with Crippen LogP contribution in [0, 0.1) is 5.92 Å². The number of thiocarbonyl (C=S) groups is 1. The van der Waals surface area contributed by atoms with E-state index in [9.17, 15) is 4.79 Å². The van der Waals surface area contributed by atoms with Gasteiger partial charge in [0.2, 0.25) is 11.8 Å². The van der Waals surface area contributed by atoms with E-state index in [-0.39, 0.29) is 17.7 Å². The minimum atomic E-state index is -0.653. The number of aromatic nitrogens is 2. The predicted octanol–water partition coefficient (Wildman–Crippen LogP) is 1.49. The fourth-order valence-electron chi connectivity index (χ4n) is 2.44.